The van der Waals surface area contributed by atoms with Gasteiger partial charge in [-0.15, -0.1) is 0 Å². The summed E-state index contributed by atoms with van der Waals surface area (Å²) in [5.74, 6) is 0.976. The Hall–Kier alpha value is -2.27. The molecular formula is C16H11BrO4. The molecule has 106 valence electrons. The van der Waals surface area contributed by atoms with Crippen molar-refractivity contribution in [3.63, 3.8) is 0 Å². The number of rotatable bonds is 2. The standard InChI is InChI=1S/C16H11BrO4/c1-20-13-7-9(6-11(17)16(13)19)8-14-15(18)10-4-2-3-5-12(10)21-14/h2-8,19H,1H3. The van der Waals surface area contributed by atoms with Crippen molar-refractivity contribution in [1.29, 1.82) is 0 Å². The van der Waals surface area contributed by atoms with Crippen LogP contribution in [0.3, 0.4) is 0 Å². The molecule has 0 aliphatic carbocycles. The number of methoxy groups -OCH3 is 1. The second-order valence-electron chi connectivity index (χ2n) is 4.49. The average molecular weight is 347 g/mol. The molecule has 2 aromatic carbocycles. The normalized spacial score (nSPS) is 15.0. The van der Waals surface area contributed by atoms with Gasteiger partial charge in [0.05, 0.1) is 17.1 Å². The molecule has 0 atom stereocenters. The maximum absolute atomic E-state index is 12.2. The number of carbonyl (C=O) groups excluding carboxylic acids is 1. The van der Waals surface area contributed by atoms with Gasteiger partial charge in [-0.3, -0.25) is 4.79 Å². The van der Waals surface area contributed by atoms with Gasteiger partial charge >= 0.3 is 0 Å². The summed E-state index contributed by atoms with van der Waals surface area (Å²) in [6, 6.07) is 10.4. The zero-order valence-electron chi connectivity index (χ0n) is 11.1. The van der Waals surface area contributed by atoms with Crippen LogP contribution in [0.2, 0.25) is 0 Å². The number of benzene rings is 2. The van der Waals surface area contributed by atoms with Crippen LogP contribution in [0.25, 0.3) is 6.08 Å². The largest absolute Gasteiger partial charge is 0.503 e. The van der Waals surface area contributed by atoms with E-state index in [1.54, 1.807) is 36.4 Å². The van der Waals surface area contributed by atoms with Gasteiger partial charge in [0.25, 0.3) is 0 Å². The zero-order chi connectivity index (χ0) is 15.0. The lowest BCUT2D eigenvalue weighted by molar-refractivity contribution is 0.101. The number of hydrogen-bond donors (Lipinski definition) is 1. The summed E-state index contributed by atoms with van der Waals surface area (Å²) in [6.45, 7) is 0. The number of fused-ring (bicyclic) bond motifs is 1. The molecule has 1 aliphatic heterocycles. The molecule has 0 radical (unpaired) electrons. The molecule has 21 heavy (non-hydrogen) atoms. The fourth-order valence-electron chi connectivity index (χ4n) is 2.12. The molecule has 1 aliphatic rings. The molecule has 0 spiro atoms. The number of para-hydroxylation sites is 1. The zero-order valence-corrected chi connectivity index (χ0v) is 12.7. The summed E-state index contributed by atoms with van der Waals surface area (Å²) in [6.07, 6.45) is 1.62. The first-order valence-electron chi connectivity index (χ1n) is 6.20. The molecule has 0 saturated heterocycles. The molecule has 0 unspecified atom stereocenters. The van der Waals surface area contributed by atoms with Crippen LogP contribution in [-0.2, 0) is 0 Å². The van der Waals surface area contributed by atoms with Crippen molar-refractivity contribution in [3.8, 4) is 17.2 Å². The number of allylic oxidation sites excluding steroid dienone is 1. The Labute approximate surface area is 129 Å². The van der Waals surface area contributed by atoms with Gasteiger partial charge < -0.3 is 14.6 Å². The maximum Gasteiger partial charge on any atom is 0.231 e. The summed E-state index contributed by atoms with van der Waals surface area (Å²) in [5.41, 5.74) is 1.24. The number of carbonyl (C=O) groups is 1. The van der Waals surface area contributed by atoms with Crippen molar-refractivity contribution in [1.82, 2.24) is 0 Å². The van der Waals surface area contributed by atoms with Gasteiger partial charge in [0.1, 0.15) is 5.75 Å². The van der Waals surface area contributed by atoms with Crippen molar-refractivity contribution >= 4 is 27.8 Å². The molecule has 3 rings (SSSR count). The molecule has 5 heteroatoms. The summed E-state index contributed by atoms with van der Waals surface area (Å²) < 4.78 is 11.1. The Morgan fingerprint density at radius 1 is 1.29 bits per heavy atom. The summed E-state index contributed by atoms with van der Waals surface area (Å²) in [7, 11) is 1.46. The number of aromatic hydroxyl groups is 1. The molecule has 0 bridgehead atoms. The van der Waals surface area contributed by atoms with Crippen molar-refractivity contribution in [2.24, 2.45) is 0 Å². The average Bonchev–Trinajstić information content (AvgIpc) is 2.79. The van der Waals surface area contributed by atoms with Gasteiger partial charge in [-0.1, -0.05) is 12.1 Å². The smallest absolute Gasteiger partial charge is 0.231 e. The van der Waals surface area contributed by atoms with Crippen LogP contribution >= 0.6 is 15.9 Å². The van der Waals surface area contributed by atoms with Crippen LogP contribution in [-0.4, -0.2) is 18.0 Å². The van der Waals surface area contributed by atoms with Gasteiger partial charge in [0.15, 0.2) is 17.3 Å². The predicted octanol–water partition coefficient (Wildman–Crippen LogP) is 3.78. The molecule has 0 saturated carbocycles. The molecule has 4 nitrogen and oxygen atoms in total. The Bertz CT molecular complexity index is 765. The van der Waals surface area contributed by atoms with E-state index in [2.05, 4.69) is 15.9 Å². The highest BCUT2D eigenvalue weighted by Crippen LogP contribution is 2.37. The number of ether oxygens (including phenoxy) is 2. The minimum absolute atomic E-state index is 0.0154. The SMILES string of the molecule is COc1cc(C=C2Oc3ccccc3C2=O)cc(Br)c1O. The third-order valence-electron chi connectivity index (χ3n) is 3.14. The van der Waals surface area contributed by atoms with E-state index in [9.17, 15) is 9.90 Å². The monoisotopic (exact) mass is 346 g/mol. The van der Waals surface area contributed by atoms with Crippen molar-refractivity contribution < 1.29 is 19.4 Å². The van der Waals surface area contributed by atoms with E-state index in [-0.39, 0.29) is 17.3 Å². The van der Waals surface area contributed by atoms with E-state index in [4.69, 9.17) is 9.47 Å². The van der Waals surface area contributed by atoms with Crippen LogP contribution in [0.1, 0.15) is 15.9 Å². The number of Topliss-reactive ketones (excluding diaryl/α,β-unsaturated/α-hetero) is 1. The summed E-state index contributed by atoms with van der Waals surface area (Å²) >= 11 is 3.25. The number of ketones is 1. The molecular weight excluding hydrogens is 336 g/mol. The van der Waals surface area contributed by atoms with Crippen LogP contribution in [0, 0.1) is 0 Å². The lowest BCUT2D eigenvalue weighted by atomic mass is 10.1. The van der Waals surface area contributed by atoms with Gasteiger partial charge in [0, 0.05) is 0 Å². The van der Waals surface area contributed by atoms with Crippen LogP contribution in [0.4, 0.5) is 0 Å². The molecule has 1 heterocycles. The van der Waals surface area contributed by atoms with E-state index in [0.717, 1.165) is 0 Å². The highest BCUT2D eigenvalue weighted by Gasteiger charge is 2.26. The summed E-state index contributed by atoms with van der Waals surface area (Å²) in [4.78, 5) is 12.2. The Kier molecular flexibility index (Phi) is 3.43. The fraction of sp³-hybridized carbons (Fsp3) is 0.0625. The Morgan fingerprint density at radius 3 is 2.76 bits per heavy atom. The van der Waals surface area contributed by atoms with Gasteiger partial charge in [-0.25, -0.2) is 0 Å². The number of phenolic OH excluding ortho intramolecular Hbond substituents is 1. The molecule has 1 N–H and O–H groups in total. The minimum Gasteiger partial charge on any atom is -0.503 e. The minimum atomic E-state index is -0.159. The lowest BCUT2D eigenvalue weighted by Crippen LogP contribution is -1.98. The third-order valence-corrected chi connectivity index (χ3v) is 3.75. The van der Waals surface area contributed by atoms with Crippen LogP contribution in [0.5, 0.6) is 17.2 Å². The Balaban J connectivity index is 2.01. The number of hydrogen-bond acceptors (Lipinski definition) is 4. The van der Waals surface area contributed by atoms with Crippen molar-refractivity contribution in [2.45, 2.75) is 0 Å². The van der Waals surface area contributed by atoms with E-state index in [0.29, 0.717) is 27.1 Å². The van der Waals surface area contributed by atoms with E-state index < -0.39 is 0 Å². The van der Waals surface area contributed by atoms with Gasteiger partial charge in [0.2, 0.25) is 5.78 Å². The molecule has 0 amide bonds. The van der Waals surface area contributed by atoms with E-state index in [1.807, 2.05) is 6.07 Å². The second kappa shape index (κ2) is 5.26. The Morgan fingerprint density at radius 2 is 2.05 bits per heavy atom. The van der Waals surface area contributed by atoms with E-state index in [1.165, 1.54) is 7.11 Å². The quantitative estimate of drug-likeness (QED) is 0.840. The number of halogens is 1. The predicted molar refractivity (Wildman–Crippen MR) is 81.7 cm³/mol. The third kappa shape index (κ3) is 2.40. The molecule has 2 aromatic rings. The van der Waals surface area contributed by atoms with Crippen LogP contribution in [0.15, 0.2) is 46.6 Å². The highest BCUT2D eigenvalue weighted by atomic mass is 79.9. The highest BCUT2D eigenvalue weighted by molar-refractivity contribution is 9.10. The summed E-state index contributed by atoms with van der Waals surface area (Å²) in [5, 5.41) is 9.79. The topological polar surface area (TPSA) is 55.8 Å². The molecule has 0 aromatic heterocycles. The molecule has 0 fully saturated rings. The van der Waals surface area contributed by atoms with Crippen molar-refractivity contribution in [2.75, 3.05) is 7.11 Å². The first kappa shape index (κ1) is 13.7. The lowest BCUT2D eigenvalue weighted by Gasteiger charge is -2.07. The van der Waals surface area contributed by atoms with Crippen LogP contribution < -0.4 is 9.47 Å². The van der Waals surface area contributed by atoms with Gasteiger partial charge in [-0.2, -0.15) is 0 Å². The van der Waals surface area contributed by atoms with E-state index >= 15 is 0 Å². The maximum atomic E-state index is 12.2. The fourth-order valence-corrected chi connectivity index (χ4v) is 2.58. The van der Waals surface area contributed by atoms with Crippen molar-refractivity contribution in [3.05, 3.63) is 57.8 Å². The second-order valence-corrected chi connectivity index (χ2v) is 5.34. The first-order valence-corrected chi connectivity index (χ1v) is 6.99. The number of phenols is 1. The van der Waals surface area contributed by atoms with Gasteiger partial charge in [-0.05, 0) is 51.8 Å². The first-order chi connectivity index (χ1) is 10.1.